The molecule has 0 bridgehead atoms. The molecule has 51 heavy (non-hydrogen) atoms. The number of rotatable bonds is 30. The number of unbranched alkanes of at least 4 members (excludes halogenated alkanes) is 12. The maximum atomic E-state index is 13.5. The van der Waals surface area contributed by atoms with Gasteiger partial charge in [0, 0.05) is 38.8 Å². The molecular weight excluding hydrogens is 656 g/mol. The number of carbonyl (C=O) groups excluding carboxylic acids is 6. The summed E-state index contributed by atoms with van der Waals surface area (Å²) in [5.41, 5.74) is 22.1. The smallest absolute Gasteiger partial charge is 0.334 e. The van der Waals surface area contributed by atoms with Crippen molar-refractivity contribution >= 4 is 35.6 Å². The monoisotopic (exact) mass is 718 g/mol. The summed E-state index contributed by atoms with van der Waals surface area (Å²) >= 11 is 0. The molecule has 0 saturated carbocycles. The standard InChI is InChI=1S/C37H62N6O8/c1-2-3-4-5-6-7-8-9-10-11-12-13-14-16-27-17-15-18-30(50-36(48)28(19-21-31(40)44)42-33(46)23-25-38)35(27)51-37(49)29(20-22-32(41)45)43-34(47)24-26-39/h15,17-18,28-29H,2-14,16,19-26,38-39H2,1H3,(H2,40,44)(H2,41,45)(H,42,46)(H,43,47)/t28-,29-/m0/s1. The topological polar surface area (TPSA) is 249 Å². The predicted molar refractivity (Wildman–Crippen MR) is 195 cm³/mol. The van der Waals surface area contributed by atoms with Crippen LogP contribution >= 0.6 is 0 Å². The molecule has 14 heteroatoms. The molecule has 0 spiro atoms. The minimum Gasteiger partial charge on any atom is -0.421 e. The number of nitrogens with two attached hydrogens (primary N) is 4. The van der Waals surface area contributed by atoms with Crippen LogP contribution < -0.4 is 43.0 Å². The van der Waals surface area contributed by atoms with E-state index in [4.69, 9.17) is 32.4 Å². The molecule has 1 aromatic rings. The summed E-state index contributed by atoms with van der Waals surface area (Å²) in [6.45, 7) is 2.32. The van der Waals surface area contributed by atoms with Crippen LogP contribution in [0.2, 0.25) is 0 Å². The van der Waals surface area contributed by atoms with E-state index in [0.29, 0.717) is 12.0 Å². The highest BCUT2D eigenvalue weighted by Gasteiger charge is 2.28. The maximum Gasteiger partial charge on any atom is 0.334 e. The van der Waals surface area contributed by atoms with Crippen LogP contribution in [0.3, 0.4) is 0 Å². The zero-order chi connectivity index (χ0) is 37.9. The minimum atomic E-state index is -1.23. The van der Waals surface area contributed by atoms with Crippen molar-refractivity contribution in [1.82, 2.24) is 10.6 Å². The first kappa shape index (κ1) is 45.0. The van der Waals surface area contributed by atoms with Gasteiger partial charge in [-0.1, -0.05) is 96.1 Å². The fourth-order valence-corrected chi connectivity index (χ4v) is 5.51. The Labute approximate surface area is 302 Å². The minimum absolute atomic E-state index is 0.0335. The molecule has 0 fully saturated rings. The van der Waals surface area contributed by atoms with Gasteiger partial charge >= 0.3 is 11.9 Å². The molecule has 0 aliphatic heterocycles. The molecule has 1 aromatic carbocycles. The number of benzene rings is 1. The molecule has 0 unspecified atom stereocenters. The van der Waals surface area contributed by atoms with Gasteiger partial charge in [-0.2, -0.15) is 0 Å². The first-order chi connectivity index (χ1) is 24.5. The van der Waals surface area contributed by atoms with Gasteiger partial charge in [-0.3, -0.25) is 19.2 Å². The summed E-state index contributed by atoms with van der Waals surface area (Å²) in [6.07, 6.45) is 15.1. The van der Waals surface area contributed by atoms with E-state index in [1.807, 2.05) is 0 Å². The van der Waals surface area contributed by atoms with Crippen molar-refractivity contribution in [3.05, 3.63) is 23.8 Å². The second-order valence-corrected chi connectivity index (χ2v) is 12.9. The number of para-hydroxylation sites is 1. The maximum absolute atomic E-state index is 13.5. The summed E-state index contributed by atoms with van der Waals surface area (Å²) in [6, 6.07) is 2.37. The number of carbonyl (C=O) groups is 6. The molecular formula is C37H62N6O8. The Kier molecular flexibility index (Phi) is 24.4. The molecule has 0 saturated heterocycles. The Balaban J connectivity index is 3.11. The van der Waals surface area contributed by atoms with E-state index in [0.717, 1.165) is 25.7 Å². The number of primary amides is 2. The van der Waals surface area contributed by atoms with Crippen molar-refractivity contribution in [3.63, 3.8) is 0 Å². The highest BCUT2D eigenvalue weighted by molar-refractivity contribution is 5.88. The van der Waals surface area contributed by atoms with E-state index in [2.05, 4.69) is 17.6 Å². The van der Waals surface area contributed by atoms with Crippen molar-refractivity contribution < 1.29 is 38.2 Å². The third kappa shape index (κ3) is 21.0. The second kappa shape index (κ2) is 27.7. The molecule has 14 nitrogen and oxygen atoms in total. The Morgan fingerprint density at radius 3 is 1.47 bits per heavy atom. The largest absolute Gasteiger partial charge is 0.421 e. The molecule has 10 N–H and O–H groups in total. The van der Waals surface area contributed by atoms with Gasteiger partial charge in [-0.25, -0.2) is 9.59 Å². The summed E-state index contributed by atoms with van der Waals surface area (Å²) in [4.78, 5) is 74.5. The number of aryl methyl sites for hydroxylation is 1. The number of ether oxygens (including phenoxy) is 2. The number of hydrogen-bond acceptors (Lipinski definition) is 10. The Morgan fingerprint density at radius 1 is 0.608 bits per heavy atom. The molecule has 0 aliphatic carbocycles. The van der Waals surface area contributed by atoms with Crippen molar-refractivity contribution in [3.8, 4) is 11.5 Å². The fraction of sp³-hybridized carbons (Fsp3) is 0.676. The molecule has 288 valence electrons. The molecule has 2 atom stereocenters. The Hall–Kier alpha value is -4.04. The average Bonchev–Trinajstić information content (AvgIpc) is 3.08. The summed E-state index contributed by atoms with van der Waals surface area (Å²) in [5.74, 6) is -4.30. The van der Waals surface area contributed by atoms with Crippen molar-refractivity contribution in [2.45, 2.75) is 147 Å². The van der Waals surface area contributed by atoms with Crippen LogP contribution in [0.15, 0.2) is 18.2 Å². The lowest BCUT2D eigenvalue weighted by Crippen LogP contribution is -2.44. The highest BCUT2D eigenvalue weighted by atomic mass is 16.6. The fourth-order valence-electron chi connectivity index (χ4n) is 5.51. The van der Waals surface area contributed by atoms with Crippen molar-refractivity contribution in [2.24, 2.45) is 22.9 Å². The number of esters is 2. The number of amides is 4. The van der Waals surface area contributed by atoms with E-state index in [1.54, 1.807) is 12.1 Å². The van der Waals surface area contributed by atoms with Gasteiger partial charge in [0.1, 0.15) is 12.1 Å². The summed E-state index contributed by atoms with van der Waals surface area (Å²) < 4.78 is 11.5. The van der Waals surface area contributed by atoms with Crippen LogP contribution in [0.5, 0.6) is 11.5 Å². The lowest BCUT2D eigenvalue weighted by atomic mass is 10.0. The van der Waals surface area contributed by atoms with Crippen LogP contribution in [0.25, 0.3) is 0 Å². The van der Waals surface area contributed by atoms with Gasteiger partial charge < -0.3 is 43.0 Å². The van der Waals surface area contributed by atoms with Gasteiger partial charge in [-0.15, -0.1) is 0 Å². The predicted octanol–water partition coefficient (Wildman–Crippen LogP) is 3.33. The molecule has 0 aliphatic rings. The van der Waals surface area contributed by atoms with Gasteiger partial charge in [0.05, 0.1) is 0 Å². The lowest BCUT2D eigenvalue weighted by molar-refractivity contribution is -0.141. The molecule has 0 aromatic heterocycles. The Morgan fingerprint density at radius 2 is 1.04 bits per heavy atom. The van der Waals surface area contributed by atoms with E-state index < -0.39 is 47.7 Å². The van der Waals surface area contributed by atoms with Crippen molar-refractivity contribution in [2.75, 3.05) is 13.1 Å². The second-order valence-electron chi connectivity index (χ2n) is 12.9. The zero-order valence-electron chi connectivity index (χ0n) is 30.5. The summed E-state index contributed by atoms with van der Waals surface area (Å²) in [7, 11) is 0. The third-order valence-electron chi connectivity index (χ3n) is 8.36. The van der Waals surface area contributed by atoms with E-state index in [1.165, 1.54) is 63.9 Å². The van der Waals surface area contributed by atoms with E-state index in [-0.39, 0.29) is 63.1 Å². The van der Waals surface area contributed by atoms with E-state index in [9.17, 15) is 28.8 Å². The van der Waals surface area contributed by atoms with Crippen LogP contribution in [-0.4, -0.2) is 60.7 Å². The lowest BCUT2D eigenvalue weighted by Gasteiger charge is -2.21. The van der Waals surface area contributed by atoms with E-state index >= 15 is 0 Å². The first-order valence-electron chi connectivity index (χ1n) is 18.6. The first-order valence-corrected chi connectivity index (χ1v) is 18.6. The molecule has 4 amide bonds. The number of hydrogen-bond donors (Lipinski definition) is 6. The van der Waals surface area contributed by atoms with Crippen LogP contribution in [0, 0.1) is 0 Å². The van der Waals surface area contributed by atoms with Crippen LogP contribution in [-0.2, 0) is 35.2 Å². The molecule has 1 rings (SSSR count). The highest BCUT2D eigenvalue weighted by Crippen LogP contribution is 2.34. The Bertz CT molecular complexity index is 1230. The quantitative estimate of drug-likeness (QED) is 0.0385. The normalized spacial score (nSPS) is 12.1. The summed E-state index contributed by atoms with van der Waals surface area (Å²) in [5, 5.41) is 5.05. The molecule has 0 heterocycles. The van der Waals surface area contributed by atoms with Gasteiger partial charge in [-0.05, 0) is 37.3 Å². The van der Waals surface area contributed by atoms with Crippen LogP contribution in [0.4, 0.5) is 0 Å². The SMILES string of the molecule is CCCCCCCCCCCCCCCc1cccc(OC(=O)[C@H](CCC(N)=O)NC(=O)CCN)c1OC(=O)[C@H](CCC(N)=O)NC(=O)CCN. The average molecular weight is 719 g/mol. The van der Waals surface area contributed by atoms with Gasteiger partial charge in [0.2, 0.25) is 23.6 Å². The van der Waals surface area contributed by atoms with Gasteiger partial charge in [0.25, 0.3) is 0 Å². The molecule has 0 radical (unpaired) electrons. The number of nitrogens with one attached hydrogen (secondary N) is 2. The zero-order valence-corrected chi connectivity index (χ0v) is 30.5. The van der Waals surface area contributed by atoms with Crippen LogP contribution in [0.1, 0.15) is 134 Å². The third-order valence-corrected chi connectivity index (χ3v) is 8.36. The van der Waals surface area contributed by atoms with Gasteiger partial charge in [0.15, 0.2) is 11.5 Å². The van der Waals surface area contributed by atoms with Crippen molar-refractivity contribution in [1.29, 1.82) is 0 Å².